The van der Waals surface area contributed by atoms with Gasteiger partial charge in [0.15, 0.2) is 0 Å². The molecule has 0 aliphatic heterocycles. The lowest BCUT2D eigenvalue weighted by Crippen LogP contribution is -2.28. The van der Waals surface area contributed by atoms with Gasteiger partial charge >= 0.3 is 0 Å². The molecule has 1 aliphatic carbocycles. The molecule has 1 aliphatic rings. The molecule has 0 amide bonds. The van der Waals surface area contributed by atoms with Gasteiger partial charge in [0.2, 0.25) is 5.28 Å². The van der Waals surface area contributed by atoms with E-state index in [2.05, 4.69) is 176 Å². The average Bonchev–Trinajstić information content (AvgIpc) is 3.46. The van der Waals surface area contributed by atoms with E-state index < -0.39 is 5.41 Å². The number of nitrogens with zero attached hydrogens (tertiary/aromatic N) is 2. The van der Waals surface area contributed by atoms with Gasteiger partial charge in [-0.15, -0.1) is 0 Å². The second-order valence-electron chi connectivity index (χ2n) is 12.2. The van der Waals surface area contributed by atoms with Gasteiger partial charge in [0.25, 0.3) is 0 Å². The Morgan fingerprint density at radius 3 is 1.65 bits per heavy atom. The first-order valence-corrected chi connectivity index (χ1v) is 16.6. The van der Waals surface area contributed by atoms with Crippen LogP contribution in [0.2, 0.25) is 5.28 Å². The lowest BCUT2D eigenvalue weighted by Gasteiger charge is -2.33. The molecule has 1 aromatic heterocycles. The van der Waals surface area contributed by atoms with E-state index in [0.717, 1.165) is 33.6 Å². The van der Waals surface area contributed by atoms with Gasteiger partial charge in [-0.2, -0.15) is 0 Å². The van der Waals surface area contributed by atoms with E-state index in [1.807, 2.05) is 0 Å². The molecule has 48 heavy (non-hydrogen) atoms. The maximum atomic E-state index is 6.82. The van der Waals surface area contributed by atoms with E-state index in [1.54, 1.807) is 0 Å². The van der Waals surface area contributed by atoms with Crippen molar-refractivity contribution in [2.45, 2.75) is 5.41 Å². The molecule has 0 atom stereocenters. The molecule has 7 aromatic carbocycles. The third kappa shape index (κ3) is 4.34. The Hall–Kier alpha value is -5.83. The standard InChI is InChI=1S/C45H29ClN2/c46-44-47-41(36-23-10-9-22-35(36)34-25-13-16-30-15-7-8-21-33(30)34)29-42(48-44)38-26-14-28-40-43(38)37-24-11-12-27-39(37)45(40,31-17-3-1-4-18-31)32-19-5-2-6-20-32/h1-29H. The van der Waals surface area contributed by atoms with Crippen LogP contribution < -0.4 is 0 Å². The van der Waals surface area contributed by atoms with Gasteiger partial charge < -0.3 is 0 Å². The summed E-state index contributed by atoms with van der Waals surface area (Å²) in [6.45, 7) is 0. The number of benzene rings is 7. The van der Waals surface area contributed by atoms with Crippen molar-refractivity contribution in [1.29, 1.82) is 0 Å². The van der Waals surface area contributed by atoms with Crippen LogP contribution in [0.4, 0.5) is 0 Å². The predicted molar refractivity (Wildman–Crippen MR) is 198 cm³/mol. The molecule has 226 valence electrons. The number of hydrogen-bond donors (Lipinski definition) is 0. The summed E-state index contributed by atoms with van der Waals surface area (Å²) in [7, 11) is 0. The monoisotopic (exact) mass is 632 g/mol. The fourth-order valence-corrected chi connectivity index (χ4v) is 7.98. The number of fused-ring (bicyclic) bond motifs is 4. The normalized spacial score (nSPS) is 12.9. The Labute approximate surface area is 285 Å². The van der Waals surface area contributed by atoms with Crippen LogP contribution in [0.1, 0.15) is 22.3 Å². The summed E-state index contributed by atoms with van der Waals surface area (Å²) in [6, 6.07) is 62.5. The molecule has 9 rings (SSSR count). The summed E-state index contributed by atoms with van der Waals surface area (Å²) in [5.74, 6) is 0. The van der Waals surface area contributed by atoms with Crippen molar-refractivity contribution in [2.24, 2.45) is 0 Å². The molecule has 0 bridgehead atoms. The maximum absolute atomic E-state index is 6.82. The molecule has 0 radical (unpaired) electrons. The summed E-state index contributed by atoms with van der Waals surface area (Å²) < 4.78 is 0. The van der Waals surface area contributed by atoms with E-state index in [0.29, 0.717) is 0 Å². The second-order valence-corrected chi connectivity index (χ2v) is 12.6. The lowest BCUT2D eigenvalue weighted by atomic mass is 9.67. The summed E-state index contributed by atoms with van der Waals surface area (Å²) in [4.78, 5) is 9.69. The number of rotatable bonds is 5. The van der Waals surface area contributed by atoms with Gasteiger partial charge in [-0.05, 0) is 72.9 Å². The Bertz CT molecular complexity index is 2420. The van der Waals surface area contributed by atoms with Crippen LogP contribution >= 0.6 is 11.6 Å². The summed E-state index contributed by atoms with van der Waals surface area (Å²) in [5, 5.41) is 2.62. The molecule has 0 fully saturated rings. The van der Waals surface area contributed by atoms with Crippen LogP contribution in [-0.2, 0) is 5.41 Å². The van der Waals surface area contributed by atoms with Crippen LogP contribution in [0.25, 0.3) is 55.5 Å². The minimum Gasteiger partial charge on any atom is -0.218 e. The van der Waals surface area contributed by atoms with Crippen molar-refractivity contribution < 1.29 is 0 Å². The minimum absolute atomic E-state index is 0.219. The molecule has 1 heterocycles. The number of halogens is 1. The molecular weight excluding hydrogens is 604 g/mol. The van der Waals surface area contributed by atoms with Gasteiger partial charge in [-0.1, -0.05) is 170 Å². The summed E-state index contributed by atoms with van der Waals surface area (Å²) in [5.41, 5.74) is 12.7. The van der Waals surface area contributed by atoms with Crippen LogP contribution in [0.3, 0.4) is 0 Å². The molecule has 0 N–H and O–H groups in total. The van der Waals surface area contributed by atoms with E-state index >= 15 is 0 Å². The fraction of sp³-hybridized carbons (Fsp3) is 0.0222. The first-order chi connectivity index (χ1) is 23.7. The Morgan fingerprint density at radius 1 is 0.396 bits per heavy atom. The molecule has 2 nitrogen and oxygen atoms in total. The van der Waals surface area contributed by atoms with Crippen molar-refractivity contribution in [3.63, 3.8) is 0 Å². The molecule has 0 unspecified atom stereocenters. The largest absolute Gasteiger partial charge is 0.223 e. The van der Waals surface area contributed by atoms with Crippen LogP contribution in [0.15, 0.2) is 176 Å². The third-order valence-electron chi connectivity index (χ3n) is 9.74. The predicted octanol–water partition coefficient (Wildman–Crippen LogP) is 11.6. The number of aromatic nitrogens is 2. The fourth-order valence-electron chi connectivity index (χ4n) is 7.80. The van der Waals surface area contributed by atoms with E-state index in [9.17, 15) is 0 Å². The smallest absolute Gasteiger partial charge is 0.218 e. The molecule has 0 spiro atoms. The topological polar surface area (TPSA) is 25.8 Å². The first kappa shape index (κ1) is 28.4. The van der Waals surface area contributed by atoms with Crippen molar-refractivity contribution in [1.82, 2.24) is 9.97 Å². The zero-order valence-corrected chi connectivity index (χ0v) is 26.8. The zero-order valence-electron chi connectivity index (χ0n) is 26.0. The minimum atomic E-state index is -0.495. The highest BCUT2D eigenvalue weighted by atomic mass is 35.5. The second kappa shape index (κ2) is 11.5. The highest BCUT2D eigenvalue weighted by Crippen LogP contribution is 2.58. The molecule has 8 aromatic rings. The summed E-state index contributed by atoms with van der Waals surface area (Å²) >= 11 is 6.82. The van der Waals surface area contributed by atoms with E-state index in [1.165, 1.54) is 44.2 Å². The van der Waals surface area contributed by atoms with E-state index in [4.69, 9.17) is 21.6 Å². The SMILES string of the molecule is Clc1nc(-c2ccccc2-c2cccc3ccccc23)cc(-c2cccc3c2-c2ccccc2C3(c2ccccc2)c2ccccc2)n1. The summed E-state index contributed by atoms with van der Waals surface area (Å²) in [6.07, 6.45) is 0. The van der Waals surface area contributed by atoms with Crippen molar-refractivity contribution in [2.75, 3.05) is 0 Å². The third-order valence-corrected chi connectivity index (χ3v) is 9.91. The van der Waals surface area contributed by atoms with Crippen molar-refractivity contribution in [3.8, 4) is 44.8 Å². The van der Waals surface area contributed by atoms with Gasteiger partial charge in [-0.25, -0.2) is 9.97 Å². The maximum Gasteiger partial charge on any atom is 0.223 e. The van der Waals surface area contributed by atoms with Crippen molar-refractivity contribution in [3.05, 3.63) is 203 Å². The zero-order chi connectivity index (χ0) is 32.1. The molecule has 0 saturated heterocycles. The molecule has 0 saturated carbocycles. The Kier molecular flexibility index (Phi) is 6.77. The highest BCUT2D eigenvalue weighted by molar-refractivity contribution is 6.28. The van der Waals surface area contributed by atoms with Crippen LogP contribution in [-0.4, -0.2) is 9.97 Å². The molecule has 3 heteroatoms. The molecular formula is C45H29ClN2. The first-order valence-electron chi connectivity index (χ1n) is 16.2. The average molecular weight is 633 g/mol. The quantitative estimate of drug-likeness (QED) is 0.176. The van der Waals surface area contributed by atoms with Gasteiger partial charge in [0.05, 0.1) is 16.8 Å². The highest BCUT2D eigenvalue weighted by Gasteiger charge is 2.46. The van der Waals surface area contributed by atoms with Gasteiger partial charge in [0.1, 0.15) is 0 Å². The van der Waals surface area contributed by atoms with Gasteiger partial charge in [0, 0.05) is 11.1 Å². The van der Waals surface area contributed by atoms with E-state index in [-0.39, 0.29) is 5.28 Å². The Morgan fingerprint density at radius 2 is 0.896 bits per heavy atom. The van der Waals surface area contributed by atoms with Gasteiger partial charge in [-0.3, -0.25) is 0 Å². The van der Waals surface area contributed by atoms with Crippen LogP contribution in [0, 0.1) is 0 Å². The Balaban J connectivity index is 1.29. The number of hydrogen-bond acceptors (Lipinski definition) is 2. The lowest BCUT2D eigenvalue weighted by molar-refractivity contribution is 0.768. The van der Waals surface area contributed by atoms with Crippen molar-refractivity contribution >= 4 is 22.4 Å². The van der Waals surface area contributed by atoms with Crippen LogP contribution in [0.5, 0.6) is 0 Å².